The van der Waals surface area contributed by atoms with E-state index in [9.17, 15) is 9.65 Å². The standard InChI is InChI=1S/C15H12FIN4O/c1-21-13(10(17)6-20-21)12-8(5-18)14-11(4-9(12)16)19-7-15(22-14)2-3-15/h4,6,19H,2-3,7H2,1H3. The van der Waals surface area contributed by atoms with Crippen molar-refractivity contribution in [1.29, 1.82) is 5.26 Å². The van der Waals surface area contributed by atoms with Crippen molar-refractivity contribution in [3.63, 3.8) is 0 Å². The maximum absolute atomic E-state index is 14.7. The van der Waals surface area contributed by atoms with E-state index in [0.29, 0.717) is 23.7 Å². The number of nitrogens with zero attached hydrogens (tertiary/aromatic N) is 3. The normalized spacial score (nSPS) is 17.4. The number of anilines is 1. The van der Waals surface area contributed by atoms with Crippen molar-refractivity contribution < 1.29 is 9.13 Å². The fourth-order valence-corrected chi connectivity index (χ4v) is 3.57. The number of hydrogen-bond donors (Lipinski definition) is 1. The first-order valence-corrected chi connectivity index (χ1v) is 8.00. The topological polar surface area (TPSA) is 62.9 Å². The summed E-state index contributed by atoms with van der Waals surface area (Å²) in [7, 11) is 1.74. The third kappa shape index (κ3) is 1.90. The van der Waals surface area contributed by atoms with E-state index in [0.717, 1.165) is 16.4 Å². The van der Waals surface area contributed by atoms with Crippen molar-refractivity contribution in [2.24, 2.45) is 7.05 Å². The second kappa shape index (κ2) is 4.59. The second-order valence-corrected chi connectivity index (χ2v) is 6.86. The van der Waals surface area contributed by atoms with Crippen LogP contribution in [0.2, 0.25) is 0 Å². The highest BCUT2D eigenvalue weighted by molar-refractivity contribution is 14.1. The number of nitriles is 1. The highest BCUT2D eigenvalue weighted by Crippen LogP contribution is 2.49. The molecule has 5 nitrogen and oxygen atoms in total. The van der Waals surface area contributed by atoms with Crippen LogP contribution in [0, 0.1) is 20.7 Å². The van der Waals surface area contributed by atoms with Crippen LogP contribution in [-0.4, -0.2) is 21.9 Å². The van der Waals surface area contributed by atoms with E-state index in [4.69, 9.17) is 4.74 Å². The van der Waals surface area contributed by atoms with Crippen LogP contribution in [0.4, 0.5) is 10.1 Å². The van der Waals surface area contributed by atoms with Crippen LogP contribution in [0.3, 0.4) is 0 Å². The summed E-state index contributed by atoms with van der Waals surface area (Å²) in [5.74, 6) is 0.0133. The molecule has 1 aromatic carbocycles. The molecule has 1 N–H and O–H groups in total. The highest BCUT2D eigenvalue weighted by Gasteiger charge is 2.49. The number of benzene rings is 1. The van der Waals surface area contributed by atoms with Gasteiger partial charge < -0.3 is 10.1 Å². The number of ether oxygens (including phenoxy) is 1. The Morgan fingerprint density at radius 3 is 2.91 bits per heavy atom. The van der Waals surface area contributed by atoms with Crippen LogP contribution in [0.15, 0.2) is 12.3 Å². The fraction of sp³-hybridized carbons (Fsp3) is 0.333. The van der Waals surface area contributed by atoms with Gasteiger partial charge in [-0.25, -0.2) is 4.39 Å². The Kier molecular flexibility index (Phi) is 2.88. The lowest BCUT2D eigenvalue weighted by atomic mass is 10.0. The summed E-state index contributed by atoms with van der Waals surface area (Å²) in [5, 5.41) is 16.9. The molecule has 1 aliphatic carbocycles. The van der Waals surface area contributed by atoms with Crippen LogP contribution >= 0.6 is 22.6 Å². The number of hydrogen-bond acceptors (Lipinski definition) is 4. The molecule has 112 valence electrons. The molecule has 0 bridgehead atoms. The van der Waals surface area contributed by atoms with Crippen LogP contribution in [0.1, 0.15) is 18.4 Å². The Bertz CT molecular complexity index is 816. The average Bonchev–Trinajstić information content (AvgIpc) is 3.17. The highest BCUT2D eigenvalue weighted by atomic mass is 127. The molecule has 0 saturated heterocycles. The molecule has 0 amide bonds. The largest absolute Gasteiger partial charge is 0.482 e. The van der Waals surface area contributed by atoms with Crippen molar-refractivity contribution >= 4 is 28.3 Å². The lowest BCUT2D eigenvalue weighted by Crippen LogP contribution is -2.33. The Labute approximate surface area is 140 Å². The van der Waals surface area contributed by atoms with E-state index in [2.05, 4.69) is 39.1 Å². The summed E-state index contributed by atoms with van der Waals surface area (Å²) < 4.78 is 23.1. The van der Waals surface area contributed by atoms with Crippen LogP contribution in [0.25, 0.3) is 11.3 Å². The predicted molar refractivity (Wildman–Crippen MR) is 87.1 cm³/mol. The lowest BCUT2D eigenvalue weighted by molar-refractivity contribution is 0.183. The zero-order valence-corrected chi connectivity index (χ0v) is 13.9. The zero-order chi connectivity index (χ0) is 15.5. The molecular weight excluding hydrogens is 398 g/mol. The number of nitrogens with one attached hydrogen (secondary N) is 1. The van der Waals surface area contributed by atoms with Gasteiger partial charge in [-0.1, -0.05) is 0 Å². The molecule has 1 spiro atoms. The van der Waals surface area contributed by atoms with Gasteiger partial charge in [0, 0.05) is 13.1 Å². The Hall–Kier alpha value is -1.82. The van der Waals surface area contributed by atoms with Crippen molar-refractivity contribution in [1.82, 2.24) is 9.78 Å². The van der Waals surface area contributed by atoms with Gasteiger partial charge in [0.2, 0.25) is 0 Å². The zero-order valence-electron chi connectivity index (χ0n) is 11.8. The average molecular weight is 410 g/mol. The molecular formula is C15H12FIN4O. The van der Waals surface area contributed by atoms with Gasteiger partial charge in [-0.3, -0.25) is 4.68 Å². The molecule has 22 heavy (non-hydrogen) atoms. The Morgan fingerprint density at radius 2 is 2.32 bits per heavy atom. The first-order valence-electron chi connectivity index (χ1n) is 6.92. The monoisotopic (exact) mass is 410 g/mol. The van der Waals surface area contributed by atoms with E-state index in [1.54, 1.807) is 17.9 Å². The second-order valence-electron chi connectivity index (χ2n) is 5.70. The minimum Gasteiger partial charge on any atom is -0.482 e. The maximum atomic E-state index is 14.7. The molecule has 1 aliphatic heterocycles. The summed E-state index contributed by atoms with van der Waals surface area (Å²) >= 11 is 2.09. The van der Waals surface area contributed by atoms with Crippen molar-refractivity contribution in [3.8, 4) is 23.1 Å². The van der Waals surface area contributed by atoms with Gasteiger partial charge in [0.1, 0.15) is 23.1 Å². The Balaban J connectivity index is 1.98. The predicted octanol–water partition coefficient (Wildman–Crippen LogP) is 3.04. The number of fused-ring (bicyclic) bond motifs is 1. The van der Waals surface area contributed by atoms with Crippen LogP contribution in [0.5, 0.6) is 5.75 Å². The molecule has 2 aromatic rings. The molecule has 2 aliphatic rings. The van der Waals surface area contributed by atoms with Crippen LogP contribution < -0.4 is 10.1 Å². The molecule has 1 saturated carbocycles. The third-order valence-electron chi connectivity index (χ3n) is 4.20. The van der Waals surface area contributed by atoms with Gasteiger partial charge in [-0.05, 0) is 35.4 Å². The number of rotatable bonds is 1. The summed E-state index contributed by atoms with van der Waals surface area (Å²) in [4.78, 5) is 0. The molecule has 4 rings (SSSR count). The molecule has 0 atom stereocenters. The van der Waals surface area contributed by atoms with Crippen molar-refractivity contribution in [2.45, 2.75) is 18.4 Å². The smallest absolute Gasteiger partial charge is 0.161 e. The number of halogens is 2. The molecule has 0 unspecified atom stereocenters. The van der Waals surface area contributed by atoms with Gasteiger partial charge in [-0.2, -0.15) is 10.4 Å². The molecule has 7 heteroatoms. The number of aromatic nitrogens is 2. The van der Waals surface area contributed by atoms with E-state index in [1.807, 2.05) is 0 Å². The van der Waals surface area contributed by atoms with E-state index in [-0.39, 0.29) is 16.7 Å². The number of aryl methyl sites for hydroxylation is 1. The van der Waals surface area contributed by atoms with Crippen molar-refractivity contribution in [3.05, 3.63) is 27.2 Å². The molecule has 1 fully saturated rings. The van der Waals surface area contributed by atoms with Gasteiger partial charge in [-0.15, -0.1) is 0 Å². The van der Waals surface area contributed by atoms with Gasteiger partial charge in [0.25, 0.3) is 0 Å². The van der Waals surface area contributed by atoms with E-state index in [1.165, 1.54) is 6.07 Å². The minimum absolute atomic E-state index is 0.215. The SMILES string of the molecule is Cn1ncc(I)c1-c1c(F)cc2c(c1C#N)OC1(CC1)CN2. The first-order chi connectivity index (χ1) is 10.5. The quantitative estimate of drug-likeness (QED) is 0.735. The van der Waals surface area contributed by atoms with Crippen LogP contribution in [-0.2, 0) is 7.05 Å². The molecule has 1 aromatic heterocycles. The first kappa shape index (κ1) is 13.8. The summed E-state index contributed by atoms with van der Waals surface area (Å²) in [6, 6.07) is 3.53. The van der Waals surface area contributed by atoms with Gasteiger partial charge >= 0.3 is 0 Å². The third-order valence-corrected chi connectivity index (χ3v) is 4.99. The molecule has 0 radical (unpaired) electrons. The van der Waals surface area contributed by atoms with Crippen molar-refractivity contribution in [2.75, 3.05) is 11.9 Å². The summed E-state index contributed by atoms with van der Waals surface area (Å²) in [6.07, 6.45) is 3.57. The minimum atomic E-state index is -0.445. The summed E-state index contributed by atoms with van der Waals surface area (Å²) in [6.45, 7) is 0.660. The lowest BCUT2D eigenvalue weighted by Gasteiger charge is -2.29. The van der Waals surface area contributed by atoms with E-state index >= 15 is 0 Å². The van der Waals surface area contributed by atoms with Gasteiger partial charge in [0.15, 0.2) is 5.75 Å². The maximum Gasteiger partial charge on any atom is 0.161 e. The fourth-order valence-electron chi connectivity index (χ4n) is 2.83. The molecule has 2 heterocycles. The van der Waals surface area contributed by atoms with E-state index < -0.39 is 5.82 Å². The summed E-state index contributed by atoms with van der Waals surface area (Å²) in [5.41, 5.74) is 1.41. The van der Waals surface area contributed by atoms with Gasteiger partial charge in [0.05, 0.1) is 33.3 Å². The Morgan fingerprint density at radius 1 is 1.55 bits per heavy atom.